The van der Waals surface area contributed by atoms with E-state index in [0.717, 1.165) is 5.92 Å². The zero-order chi connectivity index (χ0) is 7.98. The highest BCUT2D eigenvalue weighted by Crippen LogP contribution is 2.09. The fourth-order valence-electron chi connectivity index (χ4n) is 0.802. The summed E-state index contributed by atoms with van der Waals surface area (Å²) in [6.45, 7) is 8.70. The van der Waals surface area contributed by atoms with Crippen molar-refractivity contribution in [2.75, 3.05) is 0 Å². The van der Waals surface area contributed by atoms with Crippen molar-refractivity contribution in [2.24, 2.45) is 5.92 Å². The molecule has 0 aromatic heterocycles. The van der Waals surface area contributed by atoms with Gasteiger partial charge < -0.3 is 0 Å². The Balaban J connectivity index is 3.28. The molecule has 0 heteroatoms. The van der Waals surface area contributed by atoms with Crippen LogP contribution in [0.25, 0.3) is 0 Å². The monoisotopic (exact) mass is 139 g/mol. The first-order chi connectivity index (χ1) is 4.66. The van der Waals surface area contributed by atoms with Gasteiger partial charge in [-0.1, -0.05) is 25.5 Å². The van der Waals surface area contributed by atoms with E-state index in [1.54, 1.807) is 0 Å². The summed E-state index contributed by atoms with van der Waals surface area (Å²) in [5, 5.41) is 0. The molecule has 1 atom stereocenters. The summed E-state index contributed by atoms with van der Waals surface area (Å²) in [6, 6.07) is 0. The van der Waals surface area contributed by atoms with Crippen LogP contribution in [-0.4, -0.2) is 0 Å². The average molecular weight is 139 g/mol. The van der Waals surface area contributed by atoms with Crippen molar-refractivity contribution >= 4 is 0 Å². The quantitative estimate of drug-likeness (QED) is 0.522. The molecule has 0 amide bonds. The van der Waals surface area contributed by atoms with E-state index in [2.05, 4.69) is 40.2 Å². The van der Waals surface area contributed by atoms with Crippen LogP contribution in [0.15, 0.2) is 11.6 Å². The van der Waals surface area contributed by atoms with Gasteiger partial charge in [0.15, 0.2) is 0 Å². The second kappa shape index (κ2) is 5.52. The first-order valence-corrected chi connectivity index (χ1v) is 4.09. The summed E-state index contributed by atoms with van der Waals surface area (Å²) in [6.07, 6.45) is 7.09. The van der Waals surface area contributed by atoms with Gasteiger partial charge in [-0.15, -0.1) is 0 Å². The molecule has 0 aliphatic heterocycles. The smallest absolute Gasteiger partial charge is 0.0346 e. The van der Waals surface area contributed by atoms with Gasteiger partial charge in [0, 0.05) is 0 Å². The molecule has 0 aliphatic rings. The zero-order valence-electron chi connectivity index (χ0n) is 7.65. The van der Waals surface area contributed by atoms with Crippen molar-refractivity contribution in [3.05, 3.63) is 18.1 Å². The largest absolute Gasteiger partial charge is 0.0859 e. The van der Waals surface area contributed by atoms with Gasteiger partial charge in [0.2, 0.25) is 0 Å². The highest BCUT2D eigenvalue weighted by Gasteiger charge is 1.95. The maximum atomic E-state index is 2.31. The third-order valence-corrected chi connectivity index (χ3v) is 1.74. The number of allylic oxidation sites excluding steroid dienone is 2. The molecule has 0 fully saturated rings. The molecule has 0 spiro atoms. The molecular formula is C10H19. The second-order valence-electron chi connectivity index (χ2n) is 3.17. The summed E-state index contributed by atoms with van der Waals surface area (Å²) < 4.78 is 0. The molecule has 0 aliphatic carbocycles. The van der Waals surface area contributed by atoms with Gasteiger partial charge in [-0.25, -0.2) is 0 Å². The molecule has 0 aromatic carbocycles. The standard InChI is InChI=1S/C10H19/c1-5-10(4)8-6-7-9(2)3/h5,7,10H,6,8H2,1-4H3. The first kappa shape index (κ1) is 9.74. The summed E-state index contributed by atoms with van der Waals surface area (Å²) >= 11 is 0. The van der Waals surface area contributed by atoms with E-state index in [9.17, 15) is 0 Å². The molecular weight excluding hydrogens is 120 g/mol. The number of hydrogen-bond acceptors (Lipinski definition) is 0. The highest BCUT2D eigenvalue weighted by molar-refractivity contribution is 4.93. The Morgan fingerprint density at radius 2 is 2.00 bits per heavy atom. The van der Waals surface area contributed by atoms with E-state index in [1.165, 1.54) is 18.4 Å². The Morgan fingerprint density at radius 3 is 2.40 bits per heavy atom. The van der Waals surface area contributed by atoms with Crippen LogP contribution in [0.2, 0.25) is 0 Å². The first-order valence-electron chi connectivity index (χ1n) is 4.09. The van der Waals surface area contributed by atoms with Gasteiger partial charge in [-0.3, -0.25) is 0 Å². The molecule has 0 N–H and O–H groups in total. The lowest BCUT2D eigenvalue weighted by Gasteiger charge is -2.04. The van der Waals surface area contributed by atoms with Crippen LogP contribution in [0.1, 0.15) is 40.5 Å². The zero-order valence-corrected chi connectivity index (χ0v) is 7.65. The fourth-order valence-corrected chi connectivity index (χ4v) is 0.802. The number of rotatable bonds is 4. The summed E-state index contributed by atoms with van der Waals surface area (Å²) in [4.78, 5) is 0. The van der Waals surface area contributed by atoms with Crippen molar-refractivity contribution in [1.29, 1.82) is 0 Å². The van der Waals surface area contributed by atoms with E-state index in [0.29, 0.717) is 0 Å². The third kappa shape index (κ3) is 5.87. The lowest BCUT2D eigenvalue weighted by Crippen LogP contribution is -1.90. The minimum absolute atomic E-state index is 0.774. The number of hydrogen-bond donors (Lipinski definition) is 0. The Labute approximate surface area is 65.3 Å². The van der Waals surface area contributed by atoms with Gasteiger partial charge in [-0.05, 0) is 39.0 Å². The molecule has 0 saturated carbocycles. The molecule has 1 radical (unpaired) electrons. The van der Waals surface area contributed by atoms with Crippen molar-refractivity contribution < 1.29 is 0 Å². The summed E-state index contributed by atoms with van der Waals surface area (Å²) in [5.41, 5.74) is 1.43. The fraction of sp³-hybridized carbons (Fsp3) is 0.700. The Hall–Kier alpha value is -0.260. The second-order valence-corrected chi connectivity index (χ2v) is 3.17. The predicted octanol–water partition coefficient (Wildman–Crippen LogP) is 3.59. The predicted molar refractivity (Wildman–Crippen MR) is 47.8 cm³/mol. The Bertz CT molecular complexity index is 96.6. The molecule has 0 nitrogen and oxygen atoms in total. The molecule has 0 heterocycles. The van der Waals surface area contributed by atoms with Crippen LogP contribution in [0.3, 0.4) is 0 Å². The molecule has 59 valence electrons. The molecule has 0 rings (SSSR count). The van der Waals surface area contributed by atoms with Crippen molar-refractivity contribution in [2.45, 2.75) is 40.5 Å². The van der Waals surface area contributed by atoms with Crippen LogP contribution in [0.4, 0.5) is 0 Å². The lowest BCUT2D eigenvalue weighted by atomic mass is 10.0. The Morgan fingerprint density at radius 1 is 1.40 bits per heavy atom. The Kier molecular flexibility index (Phi) is 5.38. The van der Waals surface area contributed by atoms with Crippen molar-refractivity contribution in [3.8, 4) is 0 Å². The maximum absolute atomic E-state index is 2.31. The molecule has 0 saturated heterocycles. The van der Waals surface area contributed by atoms with Crippen LogP contribution >= 0.6 is 0 Å². The van der Waals surface area contributed by atoms with E-state index >= 15 is 0 Å². The van der Waals surface area contributed by atoms with E-state index < -0.39 is 0 Å². The third-order valence-electron chi connectivity index (χ3n) is 1.74. The minimum atomic E-state index is 0.774. The van der Waals surface area contributed by atoms with Crippen LogP contribution in [-0.2, 0) is 0 Å². The van der Waals surface area contributed by atoms with E-state index in [4.69, 9.17) is 0 Å². The van der Waals surface area contributed by atoms with Crippen molar-refractivity contribution in [1.82, 2.24) is 0 Å². The van der Waals surface area contributed by atoms with E-state index in [1.807, 2.05) is 0 Å². The van der Waals surface area contributed by atoms with Crippen LogP contribution in [0.5, 0.6) is 0 Å². The average Bonchev–Trinajstić information content (AvgIpc) is 1.87. The molecule has 0 bridgehead atoms. The van der Waals surface area contributed by atoms with Gasteiger partial charge >= 0.3 is 0 Å². The summed E-state index contributed by atoms with van der Waals surface area (Å²) in [7, 11) is 0. The van der Waals surface area contributed by atoms with Crippen molar-refractivity contribution in [3.63, 3.8) is 0 Å². The van der Waals surface area contributed by atoms with Gasteiger partial charge in [0.05, 0.1) is 0 Å². The van der Waals surface area contributed by atoms with Gasteiger partial charge in [0.25, 0.3) is 0 Å². The SMILES string of the molecule is C[CH]C(C)CCC=C(C)C. The minimum Gasteiger partial charge on any atom is -0.0859 e. The topological polar surface area (TPSA) is 0 Å². The molecule has 10 heavy (non-hydrogen) atoms. The van der Waals surface area contributed by atoms with Gasteiger partial charge in [-0.2, -0.15) is 0 Å². The highest BCUT2D eigenvalue weighted by atomic mass is 14.0. The lowest BCUT2D eigenvalue weighted by molar-refractivity contribution is 0.614. The summed E-state index contributed by atoms with van der Waals surface area (Å²) in [5.74, 6) is 0.774. The normalized spacial score (nSPS) is 12.8. The molecule has 0 aromatic rings. The van der Waals surface area contributed by atoms with Gasteiger partial charge in [0.1, 0.15) is 0 Å². The van der Waals surface area contributed by atoms with Crippen LogP contribution < -0.4 is 0 Å². The van der Waals surface area contributed by atoms with E-state index in [-0.39, 0.29) is 0 Å². The van der Waals surface area contributed by atoms with Crippen LogP contribution in [0, 0.1) is 12.3 Å². The maximum Gasteiger partial charge on any atom is -0.0346 e. The molecule has 1 unspecified atom stereocenters.